The van der Waals surface area contributed by atoms with E-state index in [4.69, 9.17) is 5.73 Å². The second kappa shape index (κ2) is 8.06. The van der Waals surface area contributed by atoms with Gasteiger partial charge in [-0.2, -0.15) is 0 Å². The Kier molecular flexibility index (Phi) is 6.10. The third-order valence-corrected chi connectivity index (χ3v) is 4.97. The summed E-state index contributed by atoms with van der Waals surface area (Å²) in [6.07, 6.45) is 3.69. The van der Waals surface area contributed by atoms with Crippen LogP contribution in [-0.4, -0.2) is 10.2 Å². The first-order valence-corrected chi connectivity index (χ1v) is 8.62. The van der Waals surface area contributed by atoms with Crippen molar-refractivity contribution < 1.29 is 0 Å². The molecule has 2 aromatic rings. The highest BCUT2D eigenvalue weighted by Crippen LogP contribution is 2.33. The van der Waals surface area contributed by atoms with E-state index in [9.17, 15) is 0 Å². The van der Waals surface area contributed by atoms with E-state index in [1.807, 2.05) is 30.5 Å². The maximum Gasteiger partial charge on any atom is 0.165 e. The van der Waals surface area contributed by atoms with Gasteiger partial charge < -0.3 is 5.73 Å². The number of nitrogens with zero attached hydrogens (tertiary/aromatic N) is 2. The molecule has 0 amide bonds. The molecule has 1 aromatic carbocycles. The van der Waals surface area contributed by atoms with Gasteiger partial charge in [-0.15, -0.1) is 0 Å². The number of benzene rings is 1. The predicted molar refractivity (Wildman–Crippen MR) is 98.0 cm³/mol. The van der Waals surface area contributed by atoms with Gasteiger partial charge in [0.2, 0.25) is 0 Å². The minimum atomic E-state index is 0.486. The molecule has 1 heterocycles. The van der Waals surface area contributed by atoms with E-state index in [0.717, 1.165) is 4.90 Å². The molecule has 0 atom stereocenters. The fourth-order valence-corrected chi connectivity index (χ4v) is 3.29. The van der Waals surface area contributed by atoms with Crippen LogP contribution in [0.5, 0.6) is 0 Å². The smallest absolute Gasteiger partial charge is 0.165 e. The average molecular weight is 329 g/mol. The zero-order valence-electron chi connectivity index (χ0n) is 12.9. The number of hydrogen-bond acceptors (Lipinski definition) is 4. The highest BCUT2D eigenvalue weighted by molar-refractivity contribution is 8.16. The summed E-state index contributed by atoms with van der Waals surface area (Å²) in [6.45, 7) is 6.20. The molecule has 0 unspecified atom stereocenters. The first-order chi connectivity index (χ1) is 10.6. The van der Waals surface area contributed by atoms with Crippen molar-refractivity contribution >= 4 is 34.5 Å². The zero-order chi connectivity index (χ0) is 15.9. The first kappa shape index (κ1) is 16.6. The molecule has 0 aliphatic heterocycles. The molecule has 5 heteroatoms. The Bertz CT molecular complexity index is 689. The Morgan fingerprint density at radius 2 is 1.95 bits per heavy atom. The van der Waals surface area contributed by atoms with E-state index < -0.39 is 0 Å². The molecule has 22 heavy (non-hydrogen) atoms. The van der Waals surface area contributed by atoms with Crippen LogP contribution in [-0.2, 0) is 0 Å². The summed E-state index contributed by atoms with van der Waals surface area (Å²) >= 11 is 3.12. The molecular weight excluding hydrogens is 310 g/mol. The molecule has 0 radical (unpaired) electrons. The van der Waals surface area contributed by atoms with Crippen LogP contribution in [0.25, 0.3) is 0 Å². The number of rotatable bonds is 4. The number of aliphatic imine (C=N–C) groups is 1. The second-order valence-corrected chi connectivity index (χ2v) is 6.72. The number of aromatic nitrogens is 1. The summed E-state index contributed by atoms with van der Waals surface area (Å²) < 4.78 is 0. The molecule has 0 aliphatic rings. The van der Waals surface area contributed by atoms with Crippen molar-refractivity contribution in [3.05, 3.63) is 59.1 Å². The van der Waals surface area contributed by atoms with Crippen molar-refractivity contribution in [2.45, 2.75) is 30.6 Å². The van der Waals surface area contributed by atoms with Gasteiger partial charge in [-0.1, -0.05) is 47.8 Å². The normalized spacial score (nSPS) is 12.0. The fourth-order valence-electron chi connectivity index (χ4n) is 1.88. The van der Waals surface area contributed by atoms with Crippen LogP contribution in [0, 0.1) is 13.8 Å². The summed E-state index contributed by atoms with van der Waals surface area (Å²) in [5.41, 5.74) is 8.40. The number of aryl methyl sites for hydroxylation is 2. The van der Waals surface area contributed by atoms with Gasteiger partial charge in [0.05, 0.1) is 0 Å². The number of amidine groups is 1. The molecule has 0 aliphatic carbocycles. The van der Waals surface area contributed by atoms with Crippen LogP contribution in [0.2, 0.25) is 0 Å². The van der Waals surface area contributed by atoms with Gasteiger partial charge in [-0.3, -0.25) is 0 Å². The monoisotopic (exact) mass is 329 g/mol. The molecule has 0 fully saturated rings. The predicted octanol–water partition coefficient (Wildman–Crippen LogP) is 5.06. The molecule has 114 valence electrons. The maximum atomic E-state index is 5.86. The first-order valence-electron chi connectivity index (χ1n) is 6.92. The topological polar surface area (TPSA) is 51.3 Å². The van der Waals surface area contributed by atoms with Crippen molar-refractivity contribution in [1.29, 1.82) is 0 Å². The van der Waals surface area contributed by atoms with Crippen LogP contribution in [0.1, 0.15) is 18.1 Å². The van der Waals surface area contributed by atoms with Gasteiger partial charge in [-0.25, -0.2) is 9.98 Å². The third kappa shape index (κ3) is 4.64. The van der Waals surface area contributed by atoms with Crippen molar-refractivity contribution in [2.75, 3.05) is 0 Å². The van der Waals surface area contributed by atoms with Crippen molar-refractivity contribution in [1.82, 2.24) is 4.98 Å². The Morgan fingerprint density at radius 3 is 2.64 bits per heavy atom. The lowest BCUT2D eigenvalue weighted by Gasteiger charge is -2.09. The summed E-state index contributed by atoms with van der Waals surface area (Å²) in [6, 6.07) is 10.3. The molecule has 3 nitrogen and oxygen atoms in total. The Morgan fingerprint density at radius 1 is 1.23 bits per heavy atom. The number of thioether (sulfide) groups is 1. The molecule has 0 saturated carbocycles. The third-order valence-electron chi connectivity index (χ3n) is 2.90. The number of pyridine rings is 1. The minimum absolute atomic E-state index is 0.486. The van der Waals surface area contributed by atoms with E-state index in [1.54, 1.807) is 18.0 Å². The fraction of sp³-hybridized carbons (Fsp3) is 0.176. The summed E-state index contributed by atoms with van der Waals surface area (Å²) in [5.74, 6) is 0.630. The van der Waals surface area contributed by atoms with Gasteiger partial charge >= 0.3 is 0 Å². The minimum Gasteiger partial charge on any atom is -0.378 e. The van der Waals surface area contributed by atoms with E-state index in [1.165, 1.54) is 27.8 Å². The largest absolute Gasteiger partial charge is 0.378 e. The second-order valence-electron chi connectivity index (χ2n) is 4.71. The standard InChI is InChI=1S/C17H19N3S2/c1-4-10-21-17(18)20-15-11-14(8-9-19-15)22-16-12(2)6-5-7-13(16)3/h4-11H,1-3H3,(H2,18,19,20)/b10-4+. The maximum absolute atomic E-state index is 5.86. The zero-order valence-corrected chi connectivity index (χ0v) is 14.5. The van der Waals surface area contributed by atoms with Gasteiger partial charge in [0, 0.05) is 16.0 Å². The SMILES string of the molecule is C/C=C/SC(N)=Nc1cc(Sc2c(C)cccc2C)ccn1. The number of hydrogen-bond donors (Lipinski definition) is 1. The molecule has 0 bridgehead atoms. The van der Waals surface area contributed by atoms with Gasteiger partial charge in [-0.05, 0) is 49.4 Å². The van der Waals surface area contributed by atoms with Crippen molar-refractivity contribution in [2.24, 2.45) is 10.7 Å². The lowest BCUT2D eigenvalue weighted by molar-refractivity contribution is 1.19. The Labute approximate surface area is 140 Å². The highest BCUT2D eigenvalue weighted by atomic mass is 32.2. The molecular formula is C17H19N3S2. The van der Waals surface area contributed by atoms with E-state index in [2.05, 4.69) is 42.0 Å². The van der Waals surface area contributed by atoms with Crippen LogP contribution in [0.4, 0.5) is 5.82 Å². The average Bonchev–Trinajstić information content (AvgIpc) is 2.49. The summed E-state index contributed by atoms with van der Waals surface area (Å²) in [4.78, 5) is 11.0. The van der Waals surface area contributed by atoms with E-state index in [-0.39, 0.29) is 0 Å². The van der Waals surface area contributed by atoms with Crippen LogP contribution >= 0.6 is 23.5 Å². The molecule has 0 spiro atoms. The number of allylic oxidation sites excluding steroid dienone is 1. The van der Waals surface area contributed by atoms with Crippen LogP contribution in [0.3, 0.4) is 0 Å². The van der Waals surface area contributed by atoms with Crippen LogP contribution < -0.4 is 5.73 Å². The van der Waals surface area contributed by atoms with Gasteiger partial charge in [0.25, 0.3) is 0 Å². The van der Waals surface area contributed by atoms with Crippen molar-refractivity contribution in [3.8, 4) is 0 Å². The van der Waals surface area contributed by atoms with Crippen molar-refractivity contribution in [3.63, 3.8) is 0 Å². The summed E-state index contributed by atoms with van der Waals surface area (Å²) in [7, 11) is 0. The molecule has 2 N–H and O–H groups in total. The van der Waals surface area contributed by atoms with E-state index >= 15 is 0 Å². The lowest BCUT2D eigenvalue weighted by atomic mass is 10.2. The van der Waals surface area contributed by atoms with Gasteiger partial charge in [0.15, 0.2) is 11.0 Å². The summed E-state index contributed by atoms with van der Waals surface area (Å²) in [5, 5.41) is 2.38. The molecule has 2 rings (SSSR count). The van der Waals surface area contributed by atoms with E-state index in [0.29, 0.717) is 11.0 Å². The number of nitrogens with two attached hydrogens (primary N) is 1. The quantitative estimate of drug-likeness (QED) is 0.629. The molecule has 1 aromatic heterocycles. The Balaban J connectivity index is 2.22. The van der Waals surface area contributed by atoms with Gasteiger partial charge in [0.1, 0.15) is 0 Å². The van der Waals surface area contributed by atoms with Crippen LogP contribution in [0.15, 0.2) is 62.8 Å². The molecule has 0 saturated heterocycles. The lowest BCUT2D eigenvalue weighted by Crippen LogP contribution is -2.04. The highest BCUT2D eigenvalue weighted by Gasteiger charge is 2.05. The Hall–Kier alpha value is -1.72.